The molecule has 11 heteroatoms. The number of ether oxygens (including phenoxy) is 1. The predicted molar refractivity (Wildman–Crippen MR) is 195 cm³/mol. The lowest BCUT2D eigenvalue weighted by atomic mass is 9.64. The van der Waals surface area contributed by atoms with Crippen LogP contribution >= 0.6 is 22.9 Å². The number of rotatable bonds is 9. The van der Waals surface area contributed by atoms with E-state index in [1.807, 2.05) is 25.1 Å². The Morgan fingerprint density at radius 1 is 1.14 bits per heavy atom. The van der Waals surface area contributed by atoms with Crippen LogP contribution in [0.2, 0.25) is 5.02 Å². The third kappa shape index (κ3) is 7.68. The molecule has 270 valence electrons. The average molecular weight is 744 g/mol. The molecule has 2 aromatic carbocycles. The molecule has 0 spiro atoms. The van der Waals surface area contributed by atoms with Gasteiger partial charge in [0.2, 0.25) is 0 Å². The lowest BCUT2D eigenvalue weighted by Gasteiger charge is -2.46. The first-order chi connectivity index (χ1) is 23.8. The number of Topliss-reactive ketones (excluding diaryl/α,β-unsaturated/α-hetero) is 1. The number of hydrogen-bond acceptors (Lipinski definition) is 7. The van der Waals surface area contributed by atoms with Crippen molar-refractivity contribution in [1.29, 1.82) is 0 Å². The SMILES string of the molecule is CC1=CCC[C@@]2(C)[C@@H](CC[C@@]2(O)CN(C[C@H]2CCCO2)S(=O)(=O)c2cccs2)c2ccc(cc2C(=O)Cc2c(F)cccc2Cl)C[C@@H](O)CC1. The molecule has 1 aliphatic heterocycles. The van der Waals surface area contributed by atoms with Crippen molar-refractivity contribution < 1.29 is 32.6 Å². The first-order valence-corrected chi connectivity index (χ1v) is 20.3. The van der Waals surface area contributed by atoms with Crippen LogP contribution in [0.3, 0.4) is 0 Å². The molecule has 1 saturated heterocycles. The fraction of sp³-hybridized carbons (Fsp3) is 0.513. The molecule has 2 heterocycles. The van der Waals surface area contributed by atoms with Crippen LogP contribution in [0, 0.1) is 11.2 Å². The number of halogens is 2. The van der Waals surface area contributed by atoms with Crippen molar-refractivity contribution in [2.45, 2.75) is 106 Å². The number of allylic oxidation sites excluding steroid dienone is 2. The quantitative estimate of drug-likeness (QED) is 0.171. The van der Waals surface area contributed by atoms with Crippen molar-refractivity contribution in [3.05, 3.63) is 98.7 Å². The van der Waals surface area contributed by atoms with E-state index < -0.39 is 33.0 Å². The van der Waals surface area contributed by atoms with E-state index in [0.29, 0.717) is 57.1 Å². The Kier molecular flexibility index (Phi) is 11.4. The number of hydrogen-bond donors (Lipinski definition) is 2. The van der Waals surface area contributed by atoms with E-state index in [4.69, 9.17) is 16.3 Å². The molecular formula is C39H47ClFNO6S2. The van der Waals surface area contributed by atoms with Crippen LogP contribution in [-0.2, 0) is 27.6 Å². The van der Waals surface area contributed by atoms with Crippen LogP contribution in [0.1, 0.15) is 98.2 Å². The lowest BCUT2D eigenvalue weighted by molar-refractivity contribution is -0.0754. The van der Waals surface area contributed by atoms with Gasteiger partial charge in [-0.05, 0) is 111 Å². The van der Waals surface area contributed by atoms with E-state index >= 15 is 0 Å². The van der Waals surface area contributed by atoms with Gasteiger partial charge in [-0.2, -0.15) is 4.31 Å². The topological polar surface area (TPSA) is 104 Å². The summed E-state index contributed by atoms with van der Waals surface area (Å²) in [5.74, 6) is -1.17. The van der Waals surface area contributed by atoms with Crippen LogP contribution in [0.5, 0.6) is 0 Å². The summed E-state index contributed by atoms with van der Waals surface area (Å²) in [6.45, 7) is 4.69. The highest BCUT2D eigenvalue weighted by atomic mass is 35.5. The molecule has 1 saturated carbocycles. The van der Waals surface area contributed by atoms with E-state index in [1.165, 1.54) is 16.4 Å². The zero-order valence-corrected chi connectivity index (χ0v) is 31.1. The third-order valence-corrected chi connectivity index (χ3v) is 14.9. The summed E-state index contributed by atoms with van der Waals surface area (Å²) in [5, 5.41) is 25.7. The van der Waals surface area contributed by atoms with E-state index in [2.05, 4.69) is 13.0 Å². The summed E-state index contributed by atoms with van der Waals surface area (Å²) in [6, 6.07) is 13.3. The highest BCUT2D eigenvalue weighted by Crippen LogP contribution is 2.59. The molecule has 3 aliphatic carbocycles. The second-order valence-corrected chi connectivity index (χ2v) is 18.1. The predicted octanol–water partition coefficient (Wildman–Crippen LogP) is 7.87. The van der Waals surface area contributed by atoms with Gasteiger partial charge in [-0.3, -0.25) is 4.79 Å². The minimum Gasteiger partial charge on any atom is -0.393 e. The van der Waals surface area contributed by atoms with Gasteiger partial charge >= 0.3 is 0 Å². The molecule has 0 unspecified atom stereocenters. The van der Waals surface area contributed by atoms with Gasteiger partial charge in [0.1, 0.15) is 10.0 Å². The van der Waals surface area contributed by atoms with E-state index in [0.717, 1.165) is 40.9 Å². The summed E-state index contributed by atoms with van der Waals surface area (Å²) >= 11 is 7.52. The Morgan fingerprint density at radius 2 is 1.96 bits per heavy atom. The highest BCUT2D eigenvalue weighted by Gasteiger charge is 2.58. The Bertz CT molecular complexity index is 1810. The monoisotopic (exact) mass is 743 g/mol. The zero-order chi connectivity index (χ0) is 35.7. The Labute approximate surface area is 304 Å². The van der Waals surface area contributed by atoms with Crippen molar-refractivity contribution in [2.24, 2.45) is 5.41 Å². The van der Waals surface area contributed by atoms with Crippen molar-refractivity contribution in [3.8, 4) is 0 Å². The summed E-state index contributed by atoms with van der Waals surface area (Å²) < 4.78 is 50.8. The average Bonchev–Trinajstić information content (AvgIpc) is 3.85. The maximum absolute atomic E-state index is 14.9. The van der Waals surface area contributed by atoms with Gasteiger partial charge in [0.15, 0.2) is 5.78 Å². The number of ketones is 1. The number of aliphatic hydroxyl groups is 2. The van der Waals surface area contributed by atoms with Crippen molar-refractivity contribution in [3.63, 3.8) is 0 Å². The van der Waals surface area contributed by atoms with Gasteiger partial charge in [-0.25, -0.2) is 12.8 Å². The minimum atomic E-state index is -3.94. The molecule has 50 heavy (non-hydrogen) atoms. The van der Waals surface area contributed by atoms with E-state index in [1.54, 1.807) is 23.6 Å². The first-order valence-electron chi connectivity index (χ1n) is 17.6. The number of carbonyl (C=O) groups is 1. The van der Waals surface area contributed by atoms with Crippen LogP contribution < -0.4 is 0 Å². The third-order valence-electron chi connectivity index (χ3n) is 11.3. The number of aliphatic hydroxyl groups excluding tert-OH is 1. The van der Waals surface area contributed by atoms with Gasteiger partial charge in [-0.15, -0.1) is 11.3 Å². The Morgan fingerprint density at radius 3 is 2.68 bits per heavy atom. The number of nitrogens with zero attached hydrogens (tertiary/aromatic N) is 1. The minimum absolute atomic E-state index is 0.110. The normalized spacial score (nSPS) is 27.7. The Balaban J connectivity index is 1.43. The number of thiophene rings is 1. The summed E-state index contributed by atoms with van der Waals surface area (Å²) in [6.07, 6.45) is 6.29. The molecule has 2 N–H and O–H groups in total. The van der Waals surface area contributed by atoms with Gasteiger partial charge in [-0.1, -0.05) is 54.4 Å². The lowest BCUT2D eigenvalue weighted by Crippen LogP contribution is -2.54. The number of fused-ring (bicyclic) bond motifs is 8. The van der Waals surface area contributed by atoms with Crippen LogP contribution in [0.25, 0.3) is 0 Å². The second kappa shape index (κ2) is 15.3. The largest absolute Gasteiger partial charge is 0.393 e. The summed E-state index contributed by atoms with van der Waals surface area (Å²) in [4.78, 5) is 14.2. The van der Waals surface area contributed by atoms with E-state index in [9.17, 15) is 27.8 Å². The van der Waals surface area contributed by atoms with Gasteiger partial charge in [0.05, 0.1) is 17.8 Å². The van der Waals surface area contributed by atoms with Crippen LogP contribution in [-0.4, -0.2) is 66.2 Å². The molecule has 2 fully saturated rings. The molecule has 5 atom stereocenters. The smallest absolute Gasteiger partial charge is 0.252 e. The molecule has 1 aromatic heterocycles. The first kappa shape index (κ1) is 37.3. The number of carbonyl (C=O) groups excluding carboxylic acids is 1. The maximum atomic E-state index is 14.9. The summed E-state index contributed by atoms with van der Waals surface area (Å²) in [5.41, 5.74) is 0.935. The summed E-state index contributed by atoms with van der Waals surface area (Å²) in [7, 11) is -3.94. The molecule has 4 aliphatic rings. The molecule has 2 bridgehead atoms. The fourth-order valence-electron chi connectivity index (χ4n) is 8.29. The molecule has 7 nitrogen and oxygen atoms in total. The standard InChI is InChI=1S/C39H47ClFNO6S2/c1-26-7-4-17-38(2)33(16-18-39(38,45)25-42(24-29-8-5-19-48-29)50(46,47)37-11-6-20-49-37)30-15-13-27(21-28(43)14-12-26)22-31(30)36(44)23-32-34(40)9-3-10-35(32)41/h3,6-7,9-11,13,15,20,22,28-29,33,43,45H,4-5,8,12,14,16-19,21,23-25H2,1-2H3/t28-,29+,33-,38-,39+/m0/s1. The Hall–Kier alpha value is -2.44. The maximum Gasteiger partial charge on any atom is 0.252 e. The zero-order valence-electron chi connectivity index (χ0n) is 28.7. The van der Waals surface area contributed by atoms with Gasteiger partial charge in [0.25, 0.3) is 10.0 Å². The molecule has 3 aromatic rings. The van der Waals surface area contributed by atoms with Crippen molar-refractivity contribution in [1.82, 2.24) is 4.31 Å². The molecular weight excluding hydrogens is 697 g/mol. The highest BCUT2D eigenvalue weighted by molar-refractivity contribution is 7.91. The van der Waals surface area contributed by atoms with Crippen molar-refractivity contribution in [2.75, 3.05) is 19.7 Å². The van der Waals surface area contributed by atoms with E-state index in [-0.39, 0.29) is 52.1 Å². The van der Waals surface area contributed by atoms with Crippen LogP contribution in [0.4, 0.5) is 4.39 Å². The number of sulfonamides is 1. The van der Waals surface area contributed by atoms with Gasteiger partial charge < -0.3 is 14.9 Å². The van der Waals surface area contributed by atoms with Crippen molar-refractivity contribution >= 4 is 38.7 Å². The number of benzene rings is 2. The molecule has 0 amide bonds. The van der Waals surface area contributed by atoms with Gasteiger partial charge in [0, 0.05) is 47.7 Å². The van der Waals surface area contributed by atoms with Crippen LogP contribution in [0.15, 0.2) is 69.8 Å². The fourth-order valence-corrected chi connectivity index (χ4v) is 11.2. The molecule has 0 radical (unpaired) electrons. The molecule has 7 rings (SSSR count). The second-order valence-electron chi connectivity index (χ2n) is 14.6.